The zero-order valence-electron chi connectivity index (χ0n) is 6.22. The van der Waals surface area contributed by atoms with Gasteiger partial charge in [0.05, 0.1) is 0 Å². The van der Waals surface area contributed by atoms with Crippen LogP contribution < -0.4 is 35.6 Å². The Balaban J connectivity index is 3.02. The number of hydrogen-bond donors (Lipinski definition) is 0. The van der Waals surface area contributed by atoms with Gasteiger partial charge in [-0.1, -0.05) is 13.3 Å². The Bertz CT molecular complexity index is 95.0. The van der Waals surface area contributed by atoms with E-state index in [1.54, 1.807) is 0 Å². The van der Waals surface area contributed by atoms with Gasteiger partial charge >= 0.3 is 24.2 Å². The fourth-order valence-electron chi connectivity index (χ4n) is 0.479. The summed E-state index contributed by atoms with van der Waals surface area (Å²) >= 11 is -0.890. The van der Waals surface area contributed by atoms with Crippen LogP contribution in [0, 0.1) is 10.2 Å². The van der Waals surface area contributed by atoms with E-state index < -0.39 is 31.9 Å². The van der Waals surface area contributed by atoms with Crippen molar-refractivity contribution in [1.29, 1.82) is 0 Å². The van der Waals surface area contributed by atoms with Crippen molar-refractivity contribution in [3.8, 4) is 0 Å². The van der Waals surface area contributed by atoms with Crippen molar-refractivity contribution in [3.63, 3.8) is 0 Å². The highest BCUT2D eigenvalue weighted by molar-refractivity contribution is 4.30. The lowest BCUT2D eigenvalue weighted by atomic mass is 10.3. The van der Waals surface area contributed by atoms with Crippen LogP contribution in [-0.2, 0) is 2.62 Å². The lowest BCUT2D eigenvalue weighted by molar-refractivity contribution is -1.95. The summed E-state index contributed by atoms with van der Waals surface area (Å²) in [4.78, 5) is 0. The third kappa shape index (κ3) is 10.9. The Hall–Kier alpha value is 0.860. The fourth-order valence-corrected chi connectivity index (χ4v) is 2.85. The van der Waals surface area contributed by atoms with E-state index in [9.17, 15) is 14.0 Å². The van der Waals surface area contributed by atoms with Crippen LogP contribution >= 0.6 is 0 Å². The smallest absolute Gasteiger partial charge is 0.178 e. The van der Waals surface area contributed by atoms with E-state index in [1.165, 1.54) is 0 Å². The van der Waals surface area contributed by atoms with Crippen LogP contribution in [0.5, 0.6) is 0 Å². The molecule has 0 aliphatic carbocycles. The summed E-state index contributed by atoms with van der Waals surface area (Å²) in [6.45, 7) is 2.06. The minimum atomic E-state index is -4.16. The first-order chi connectivity index (χ1) is 5.06. The second kappa shape index (κ2) is 6.38. The largest absolute Gasteiger partial charge is 0.663 e. The first-order valence-corrected chi connectivity index (χ1v) is 6.89. The second-order valence-electron chi connectivity index (χ2n) is 1.94. The van der Waals surface area contributed by atoms with Crippen LogP contribution in [0.3, 0.4) is 0 Å². The summed E-state index contributed by atoms with van der Waals surface area (Å²) in [5.74, 6) is 0. The molecule has 0 rings (SSSR count). The van der Waals surface area contributed by atoms with Crippen LogP contribution in [0.4, 0.5) is 0 Å². The van der Waals surface area contributed by atoms with Gasteiger partial charge in [-0.05, 0) is 12.8 Å². The normalized spacial score (nSPS) is 12.0. The van der Waals surface area contributed by atoms with Gasteiger partial charge in [-0.3, -0.25) is 0 Å². The summed E-state index contributed by atoms with van der Waals surface area (Å²) in [6.07, 6.45) is 3.11. The van der Waals surface area contributed by atoms with Crippen molar-refractivity contribution in [1.82, 2.24) is 0 Å². The van der Waals surface area contributed by atoms with Crippen molar-refractivity contribution < 1.29 is 48.5 Å². The standard InChI is InChI=1S/C5H11ClIO4/c1-2-3-4-5-7-11-6(8,9)10/h2-5H2,1H3/q+1. The van der Waals surface area contributed by atoms with E-state index in [1.807, 2.05) is 0 Å². The van der Waals surface area contributed by atoms with Gasteiger partial charge in [0.2, 0.25) is 0 Å². The summed E-state index contributed by atoms with van der Waals surface area (Å²) < 4.78 is 34.5. The van der Waals surface area contributed by atoms with Gasteiger partial charge in [0.25, 0.3) is 0 Å². The monoisotopic (exact) mass is 297 g/mol. The summed E-state index contributed by atoms with van der Waals surface area (Å²) in [5.41, 5.74) is 0. The highest BCUT2D eigenvalue weighted by Gasteiger charge is 2.32. The van der Waals surface area contributed by atoms with E-state index in [0.717, 1.165) is 23.7 Å². The molecule has 0 radical (unpaired) electrons. The molecule has 11 heavy (non-hydrogen) atoms. The maximum Gasteiger partial charge on any atom is 0.663 e. The molecule has 0 aliphatic heterocycles. The summed E-state index contributed by atoms with van der Waals surface area (Å²) in [7, 11) is -4.16. The zero-order chi connectivity index (χ0) is 8.74. The molecule has 0 saturated heterocycles. The lowest BCUT2D eigenvalue weighted by Crippen LogP contribution is -3.63. The number of halogens is 2. The van der Waals surface area contributed by atoms with E-state index in [2.05, 4.69) is 9.54 Å². The van der Waals surface area contributed by atoms with E-state index in [-0.39, 0.29) is 0 Å². The third-order valence-corrected chi connectivity index (χ3v) is 4.28. The Morgan fingerprint density at radius 1 is 1.27 bits per heavy atom. The molecular formula is C5H11ClIO4+. The third-order valence-electron chi connectivity index (χ3n) is 0.927. The highest BCUT2D eigenvalue weighted by atomic mass is 127. The Morgan fingerprint density at radius 3 is 2.36 bits per heavy atom. The molecule has 0 heterocycles. The van der Waals surface area contributed by atoms with Crippen LogP contribution in [0.2, 0.25) is 0 Å². The van der Waals surface area contributed by atoms with E-state index in [4.69, 9.17) is 0 Å². The molecule has 0 aromatic heterocycles. The average Bonchev–Trinajstić information content (AvgIpc) is 1.85. The van der Waals surface area contributed by atoms with Crippen LogP contribution in [0.1, 0.15) is 26.2 Å². The van der Waals surface area contributed by atoms with E-state index in [0.29, 0.717) is 0 Å². The molecule has 0 bridgehead atoms. The molecule has 4 nitrogen and oxygen atoms in total. The molecule has 0 spiro atoms. The first-order valence-electron chi connectivity index (χ1n) is 3.25. The van der Waals surface area contributed by atoms with Gasteiger partial charge in [-0.15, -0.1) is 0 Å². The van der Waals surface area contributed by atoms with Crippen molar-refractivity contribution in [2.75, 3.05) is 4.43 Å². The minimum Gasteiger partial charge on any atom is -0.178 e. The van der Waals surface area contributed by atoms with Gasteiger partial charge in [-0.2, -0.15) is 14.0 Å². The molecule has 0 fully saturated rings. The van der Waals surface area contributed by atoms with Crippen LogP contribution in [0.25, 0.3) is 0 Å². The lowest BCUT2D eigenvalue weighted by Gasteiger charge is -2.03. The Kier molecular flexibility index (Phi) is 6.88. The molecule has 68 valence electrons. The molecule has 0 aromatic carbocycles. The van der Waals surface area contributed by atoms with Crippen molar-refractivity contribution in [2.45, 2.75) is 26.2 Å². The maximum absolute atomic E-state index is 9.89. The predicted octanol–water partition coefficient (Wildman–Crippen LogP) is -4.91. The van der Waals surface area contributed by atoms with Gasteiger partial charge in [0.15, 0.2) is 4.43 Å². The minimum absolute atomic E-state index is 0.737. The molecule has 6 heteroatoms. The molecule has 0 aliphatic rings. The number of rotatable bonds is 6. The Labute approximate surface area is 79.1 Å². The average molecular weight is 297 g/mol. The quantitative estimate of drug-likeness (QED) is 0.280. The topological polar surface area (TPSA) is 78.4 Å². The molecule has 0 unspecified atom stereocenters. The van der Waals surface area contributed by atoms with Gasteiger partial charge < -0.3 is 0 Å². The fraction of sp³-hybridized carbons (Fsp3) is 1.00. The van der Waals surface area contributed by atoms with Crippen molar-refractivity contribution >= 4 is 0 Å². The van der Waals surface area contributed by atoms with Gasteiger partial charge in [0, 0.05) is 0 Å². The van der Waals surface area contributed by atoms with Crippen molar-refractivity contribution in [3.05, 3.63) is 0 Å². The first kappa shape index (κ1) is 11.9. The van der Waals surface area contributed by atoms with Crippen LogP contribution in [0.15, 0.2) is 0 Å². The molecule has 0 amide bonds. The molecule has 0 atom stereocenters. The second-order valence-corrected chi connectivity index (χ2v) is 5.51. The number of hydrogen-bond acceptors (Lipinski definition) is 4. The number of unbranched alkanes of at least 4 members (excludes halogenated alkanes) is 2. The SMILES string of the molecule is CCCCC[I+]O[Cl+3]([O-])([O-])[O-]. The Morgan fingerprint density at radius 2 is 1.91 bits per heavy atom. The maximum atomic E-state index is 9.89. The molecular weight excluding hydrogens is 286 g/mol. The van der Waals surface area contributed by atoms with Crippen molar-refractivity contribution in [2.24, 2.45) is 0 Å². The summed E-state index contributed by atoms with van der Waals surface area (Å²) in [5, 5.41) is 0. The molecule has 0 N–H and O–H groups in total. The van der Waals surface area contributed by atoms with Crippen LogP contribution in [-0.4, -0.2) is 4.43 Å². The zero-order valence-corrected chi connectivity index (χ0v) is 9.13. The predicted molar refractivity (Wildman–Crippen MR) is 25.5 cm³/mol. The highest BCUT2D eigenvalue weighted by Crippen LogP contribution is 1.87. The molecule has 0 aromatic rings. The van der Waals surface area contributed by atoms with Gasteiger partial charge in [-0.25, -0.2) is 0 Å². The summed E-state index contributed by atoms with van der Waals surface area (Å²) in [6, 6.07) is 0. The number of alkyl halides is 1. The van der Waals surface area contributed by atoms with Gasteiger partial charge in [0.1, 0.15) is 10.2 Å². The van der Waals surface area contributed by atoms with E-state index >= 15 is 0 Å². The molecule has 0 saturated carbocycles.